The number of aliphatic hydroxyl groups is 1. The zero-order chi connectivity index (χ0) is 28.7. The maximum Gasteiger partial charge on any atom is 0.416 e. The number of hydrogen-bond donors (Lipinski definition) is 1. The number of halogens is 6. The van der Waals surface area contributed by atoms with Gasteiger partial charge in [-0.1, -0.05) is 23.7 Å². The normalized spacial score (nSPS) is 13.0. The van der Waals surface area contributed by atoms with Gasteiger partial charge in [-0.05, 0) is 30.3 Å². The van der Waals surface area contributed by atoms with Crippen LogP contribution in [0.15, 0.2) is 53.3 Å². The van der Waals surface area contributed by atoms with Gasteiger partial charge in [0.2, 0.25) is 5.82 Å². The van der Waals surface area contributed by atoms with Crippen molar-refractivity contribution in [2.24, 2.45) is 0 Å². The van der Waals surface area contributed by atoms with E-state index < -0.39 is 59.2 Å². The molecule has 2 aromatic carbocycles. The van der Waals surface area contributed by atoms with Gasteiger partial charge in [0.1, 0.15) is 12.2 Å². The predicted octanol–water partition coefficient (Wildman–Crippen LogP) is 3.94. The summed E-state index contributed by atoms with van der Waals surface area (Å²) in [5, 5.41) is 29.3. The number of benzene rings is 2. The Labute approximate surface area is 219 Å². The molecule has 4 rings (SSSR count). The molecular weight excluding hydrogens is 557 g/mol. The van der Waals surface area contributed by atoms with E-state index in [0.29, 0.717) is 25.9 Å². The Bertz CT molecular complexity index is 1580. The highest BCUT2D eigenvalue weighted by Gasteiger charge is 2.40. The summed E-state index contributed by atoms with van der Waals surface area (Å²) in [6.07, 6.45) is -7.97. The van der Waals surface area contributed by atoms with Gasteiger partial charge in [0.25, 0.3) is 5.69 Å². The standard InChI is InChI=1S/C22H17ClF5N7O4/c1-21(24,25)19-29-17(30-34(19)14-4-2-3-5-15(14)35(38)39)11-33-20(37)32(10-16(36)22(26,27)28)18(31-33)12-6-8-13(23)9-7-12/h2-9,16,36H,10-11H2,1H3/t16-/m0/s1. The van der Waals surface area contributed by atoms with E-state index in [1.165, 1.54) is 42.5 Å². The second-order valence-electron chi connectivity index (χ2n) is 8.34. The van der Waals surface area contributed by atoms with Crippen LogP contribution >= 0.6 is 11.6 Å². The van der Waals surface area contributed by atoms with E-state index in [4.69, 9.17) is 11.6 Å². The average Bonchev–Trinajstić information content (AvgIpc) is 3.41. The molecule has 11 nitrogen and oxygen atoms in total. The van der Waals surface area contributed by atoms with Crippen LogP contribution in [0, 0.1) is 10.1 Å². The molecule has 0 aliphatic heterocycles. The minimum absolute atomic E-state index is 0.170. The minimum Gasteiger partial charge on any atom is -0.382 e. The number of aliphatic hydroxyl groups excluding tert-OH is 1. The summed E-state index contributed by atoms with van der Waals surface area (Å²) in [5.74, 6) is -5.33. The van der Waals surface area contributed by atoms with Crippen LogP contribution in [0.3, 0.4) is 0 Å². The van der Waals surface area contributed by atoms with Crippen LogP contribution in [0.2, 0.25) is 5.02 Å². The number of rotatable bonds is 8. The lowest BCUT2D eigenvalue weighted by Crippen LogP contribution is -2.37. The zero-order valence-electron chi connectivity index (χ0n) is 19.7. The van der Waals surface area contributed by atoms with Gasteiger partial charge in [-0.15, -0.1) is 10.2 Å². The average molecular weight is 574 g/mol. The van der Waals surface area contributed by atoms with Crippen molar-refractivity contribution < 1.29 is 32.0 Å². The van der Waals surface area contributed by atoms with Crippen molar-refractivity contribution in [1.29, 1.82) is 0 Å². The summed E-state index contributed by atoms with van der Waals surface area (Å²) in [5.41, 5.74) is -1.84. The molecule has 2 aromatic heterocycles. The van der Waals surface area contributed by atoms with Crippen LogP contribution in [0.25, 0.3) is 17.1 Å². The Morgan fingerprint density at radius 3 is 2.31 bits per heavy atom. The molecule has 206 valence electrons. The molecule has 0 fully saturated rings. The molecule has 0 aliphatic carbocycles. The van der Waals surface area contributed by atoms with E-state index in [0.717, 1.165) is 6.07 Å². The Balaban J connectivity index is 1.82. The summed E-state index contributed by atoms with van der Waals surface area (Å²) >= 11 is 5.86. The number of aromatic nitrogens is 6. The largest absolute Gasteiger partial charge is 0.416 e. The molecule has 0 saturated carbocycles. The fraction of sp³-hybridized carbons (Fsp3) is 0.273. The van der Waals surface area contributed by atoms with Crippen molar-refractivity contribution in [2.75, 3.05) is 0 Å². The smallest absolute Gasteiger partial charge is 0.382 e. The second kappa shape index (κ2) is 10.2. The molecule has 0 unspecified atom stereocenters. The topological polar surface area (TPSA) is 134 Å². The van der Waals surface area contributed by atoms with Crippen molar-refractivity contribution in [3.05, 3.63) is 85.8 Å². The number of alkyl halides is 5. The molecule has 17 heteroatoms. The Kier molecular flexibility index (Phi) is 7.27. The molecule has 1 atom stereocenters. The lowest BCUT2D eigenvalue weighted by atomic mass is 10.2. The van der Waals surface area contributed by atoms with Gasteiger partial charge in [-0.25, -0.2) is 19.1 Å². The summed E-state index contributed by atoms with van der Waals surface area (Å²) in [6.45, 7) is -1.41. The van der Waals surface area contributed by atoms with Gasteiger partial charge in [-0.2, -0.15) is 22.0 Å². The molecule has 0 bridgehead atoms. The first-order chi connectivity index (χ1) is 18.2. The number of para-hydroxylation sites is 2. The van der Waals surface area contributed by atoms with Crippen molar-refractivity contribution in [3.8, 4) is 17.1 Å². The van der Waals surface area contributed by atoms with Crippen LogP contribution in [0.5, 0.6) is 0 Å². The lowest BCUT2D eigenvalue weighted by Gasteiger charge is -2.15. The van der Waals surface area contributed by atoms with Gasteiger partial charge < -0.3 is 5.11 Å². The first-order valence-corrected chi connectivity index (χ1v) is 11.3. The molecule has 0 aliphatic rings. The monoisotopic (exact) mass is 573 g/mol. The molecule has 0 spiro atoms. The molecular formula is C22H17ClF5N7O4. The van der Waals surface area contributed by atoms with Gasteiger partial charge in [0.15, 0.2) is 17.8 Å². The van der Waals surface area contributed by atoms with Crippen molar-refractivity contribution in [3.63, 3.8) is 0 Å². The molecule has 4 aromatic rings. The summed E-state index contributed by atoms with van der Waals surface area (Å²) < 4.78 is 69.8. The SMILES string of the molecule is CC(F)(F)c1nc(Cn2nc(-c3ccc(Cl)cc3)n(C[C@H](O)C(F)(F)F)c2=O)nn1-c1ccccc1[N+](=O)[O-]. The number of hydrogen-bond acceptors (Lipinski definition) is 7. The van der Waals surface area contributed by atoms with E-state index >= 15 is 0 Å². The molecule has 0 radical (unpaired) electrons. The van der Waals surface area contributed by atoms with Crippen LogP contribution in [0.1, 0.15) is 18.6 Å². The third-order valence-corrected chi connectivity index (χ3v) is 5.65. The predicted molar refractivity (Wildman–Crippen MR) is 126 cm³/mol. The molecule has 0 amide bonds. The molecule has 0 saturated heterocycles. The molecule has 39 heavy (non-hydrogen) atoms. The summed E-state index contributed by atoms with van der Waals surface area (Å²) in [4.78, 5) is 27.4. The lowest BCUT2D eigenvalue weighted by molar-refractivity contribution is -0.384. The zero-order valence-corrected chi connectivity index (χ0v) is 20.4. The van der Waals surface area contributed by atoms with Gasteiger partial charge >= 0.3 is 17.8 Å². The van der Waals surface area contributed by atoms with Crippen molar-refractivity contribution in [1.82, 2.24) is 29.1 Å². The highest BCUT2D eigenvalue weighted by atomic mass is 35.5. The van der Waals surface area contributed by atoms with Gasteiger partial charge in [0, 0.05) is 23.6 Å². The minimum atomic E-state index is -5.05. The number of nitro groups is 1. The third-order valence-electron chi connectivity index (χ3n) is 5.40. The Morgan fingerprint density at radius 2 is 1.72 bits per heavy atom. The Morgan fingerprint density at radius 1 is 1.08 bits per heavy atom. The first kappa shape index (κ1) is 27.8. The Hall–Kier alpha value is -4.18. The third kappa shape index (κ3) is 5.80. The number of nitrogens with zero attached hydrogens (tertiary/aromatic N) is 7. The maximum absolute atomic E-state index is 14.4. The molecule has 2 heterocycles. The molecule has 1 N–H and O–H groups in total. The fourth-order valence-electron chi connectivity index (χ4n) is 3.60. The summed E-state index contributed by atoms with van der Waals surface area (Å²) in [6, 6.07) is 10.5. The first-order valence-electron chi connectivity index (χ1n) is 10.9. The van der Waals surface area contributed by atoms with E-state index in [-0.39, 0.29) is 17.1 Å². The maximum atomic E-state index is 14.4. The van der Waals surface area contributed by atoms with E-state index in [1.54, 1.807) is 0 Å². The fourth-order valence-corrected chi connectivity index (χ4v) is 3.73. The van der Waals surface area contributed by atoms with E-state index in [2.05, 4.69) is 15.2 Å². The second-order valence-corrected chi connectivity index (χ2v) is 8.77. The van der Waals surface area contributed by atoms with E-state index in [1.807, 2.05) is 0 Å². The van der Waals surface area contributed by atoms with E-state index in [9.17, 15) is 42.0 Å². The summed E-state index contributed by atoms with van der Waals surface area (Å²) in [7, 11) is 0. The van der Waals surface area contributed by atoms with Crippen LogP contribution in [-0.2, 0) is 19.0 Å². The quantitative estimate of drug-likeness (QED) is 0.192. The highest BCUT2D eigenvalue weighted by molar-refractivity contribution is 6.30. The van der Waals surface area contributed by atoms with Gasteiger partial charge in [-0.3, -0.25) is 14.7 Å². The number of nitro benzene ring substituents is 1. The van der Waals surface area contributed by atoms with Crippen LogP contribution < -0.4 is 5.69 Å². The van der Waals surface area contributed by atoms with Crippen molar-refractivity contribution in [2.45, 2.75) is 38.2 Å². The van der Waals surface area contributed by atoms with Crippen LogP contribution in [0.4, 0.5) is 27.6 Å². The highest BCUT2D eigenvalue weighted by Crippen LogP contribution is 2.31. The van der Waals surface area contributed by atoms with Crippen molar-refractivity contribution >= 4 is 17.3 Å². The van der Waals surface area contributed by atoms with Crippen LogP contribution in [-0.4, -0.2) is 51.4 Å². The van der Waals surface area contributed by atoms with Gasteiger partial charge in [0.05, 0.1) is 11.5 Å².